The highest BCUT2D eigenvalue weighted by Crippen LogP contribution is 2.11. The van der Waals surface area contributed by atoms with E-state index in [1.165, 1.54) is 0 Å². The number of carbonyl (C=O) groups excluding carboxylic acids is 3. The van der Waals surface area contributed by atoms with Crippen molar-refractivity contribution in [3.63, 3.8) is 0 Å². The number of nitrogens with zero attached hydrogens (tertiary/aromatic N) is 1. The molecule has 0 fully saturated rings. The van der Waals surface area contributed by atoms with E-state index in [2.05, 4.69) is 21.2 Å². The maximum absolute atomic E-state index is 12.1. The van der Waals surface area contributed by atoms with Crippen molar-refractivity contribution in [2.45, 2.75) is 0 Å². The molecule has 3 amide bonds. The Labute approximate surface area is 160 Å². The van der Waals surface area contributed by atoms with Crippen LogP contribution in [0.5, 0.6) is 5.75 Å². The highest BCUT2D eigenvalue weighted by molar-refractivity contribution is 5.96. The van der Waals surface area contributed by atoms with Gasteiger partial charge < -0.3 is 10.1 Å². The van der Waals surface area contributed by atoms with Crippen LogP contribution in [-0.4, -0.2) is 35.9 Å². The first-order valence-electron chi connectivity index (χ1n) is 8.51. The molecule has 2 aromatic carbocycles. The Morgan fingerprint density at radius 3 is 2.39 bits per heavy atom. The van der Waals surface area contributed by atoms with Crippen LogP contribution < -0.4 is 20.9 Å². The number of hydrogen-bond donors (Lipinski definition) is 3. The minimum absolute atomic E-state index is 0.166. The second kappa shape index (κ2) is 9.13. The molecule has 0 bridgehead atoms. The number of nitrogens with one attached hydrogen (secondary N) is 3. The van der Waals surface area contributed by atoms with E-state index in [1.807, 2.05) is 24.3 Å². The van der Waals surface area contributed by atoms with Crippen LogP contribution >= 0.6 is 0 Å². The summed E-state index contributed by atoms with van der Waals surface area (Å²) in [6.07, 6.45) is 0. The van der Waals surface area contributed by atoms with E-state index in [-0.39, 0.29) is 18.8 Å². The molecule has 0 spiro atoms. The monoisotopic (exact) mass is 378 g/mol. The van der Waals surface area contributed by atoms with Gasteiger partial charge in [-0.1, -0.05) is 42.5 Å². The summed E-state index contributed by atoms with van der Waals surface area (Å²) in [5.41, 5.74) is 5.32. The third-order valence-electron chi connectivity index (χ3n) is 3.71. The number of aromatic nitrogens is 1. The van der Waals surface area contributed by atoms with Gasteiger partial charge in [0.2, 0.25) is 0 Å². The first-order chi connectivity index (χ1) is 13.6. The van der Waals surface area contributed by atoms with E-state index < -0.39 is 17.7 Å². The van der Waals surface area contributed by atoms with Crippen molar-refractivity contribution in [2.24, 2.45) is 0 Å². The third kappa shape index (κ3) is 5.28. The van der Waals surface area contributed by atoms with Gasteiger partial charge in [0.1, 0.15) is 11.4 Å². The topological polar surface area (TPSA) is 109 Å². The van der Waals surface area contributed by atoms with E-state index in [0.29, 0.717) is 11.3 Å². The number of para-hydroxylation sites is 2. The summed E-state index contributed by atoms with van der Waals surface area (Å²) >= 11 is 0. The number of ether oxygens (including phenoxy) is 1. The van der Waals surface area contributed by atoms with Gasteiger partial charge in [0.05, 0.1) is 12.1 Å². The predicted molar refractivity (Wildman–Crippen MR) is 102 cm³/mol. The average molecular weight is 378 g/mol. The van der Waals surface area contributed by atoms with Gasteiger partial charge in [-0.15, -0.1) is 0 Å². The molecule has 0 saturated carbocycles. The fourth-order valence-electron chi connectivity index (χ4n) is 2.32. The summed E-state index contributed by atoms with van der Waals surface area (Å²) in [6, 6.07) is 19.5. The molecule has 8 nitrogen and oxygen atoms in total. The largest absolute Gasteiger partial charge is 0.484 e. The van der Waals surface area contributed by atoms with Gasteiger partial charge in [-0.3, -0.25) is 25.2 Å². The van der Waals surface area contributed by atoms with Gasteiger partial charge >= 0.3 is 0 Å². The average Bonchev–Trinajstić information content (AvgIpc) is 2.75. The Hall–Kier alpha value is -3.94. The van der Waals surface area contributed by atoms with Crippen LogP contribution in [0.1, 0.15) is 10.5 Å². The molecule has 3 rings (SSSR count). The molecule has 3 N–H and O–H groups in total. The molecule has 0 aliphatic rings. The molecular weight excluding hydrogens is 360 g/mol. The molecule has 0 saturated heterocycles. The Kier molecular flexibility index (Phi) is 6.14. The van der Waals surface area contributed by atoms with Gasteiger partial charge in [-0.05, 0) is 24.3 Å². The summed E-state index contributed by atoms with van der Waals surface area (Å²) in [7, 11) is 0. The Morgan fingerprint density at radius 1 is 0.821 bits per heavy atom. The molecule has 28 heavy (non-hydrogen) atoms. The van der Waals surface area contributed by atoms with Crippen molar-refractivity contribution in [3.05, 3.63) is 72.4 Å². The maximum atomic E-state index is 12.1. The molecule has 3 aromatic rings. The highest BCUT2D eigenvalue weighted by atomic mass is 16.5. The molecule has 8 heteroatoms. The van der Waals surface area contributed by atoms with Crippen LogP contribution in [0.3, 0.4) is 0 Å². The summed E-state index contributed by atoms with van der Waals surface area (Å²) in [5, 5.41) is 3.30. The van der Waals surface area contributed by atoms with E-state index in [0.717, 1.165) is 5.39 Å². The van der Waals surface area contributed by atoms with Crippen LogP contribution in [0, 0.1) is 0 Å². The lowest BCUT2D eigenvalue weighted by Crippen LogP contribution is -2.47. The van der Waals surface area contributed by atoms with Crippen LogP contribution in [-0.2, 0) is 9.59 Å². The minimum atomic E-state index is -0.581. The van der Waals surface area contributed by atoms with E-state index in [4.69, 9.17) is 4.74 Å². The molecule has 1 aromatic heterocycles. The number of amides is 3. The molecule has 0 aliphatic carbocycles. The molecule has 1 heterocycles. The molecule has 0 unspecified atom stereocenters. The van der Waals surface area contributed by atoms with Crippen LogP contribution in [0.2, 0.25) is 0 Å². The predicted octanol–water partition coefficient (Wildman–Crippen LogP) is 1.19. The normalized spacial score (nSPS) is 10.1. The third-order valence-corrected chi connectivity index (χ3v) is 3.71. The standard InChI is InChI=1S/C20H18N4O4/c25-18(12-21-19(26)13-28-15-7-2-1-3-8-15)23-24-20(27)17-11-10-14-6-4-5-9-16(14)22-17/h1-11H,12-13H2,(H,21,26)(H,23,25)(H,24,27). The lowest BCUT2D eigenvalue weighted by atomic mass is 10.2. The first kappa shape index (κ1) is 18.8. The first-order valence-corrected chi connectivity index (χ1v) is 8.51. The van der Waals surface area contributed by atoms with Gasteiger partial charge in [-0.2, -0.15) is 0 Å². The van der Waals surface area contributed by atoms with Crippen molar-refractivity contribution in [2.75, 3.05) is 13.2 Å². The number of rotatable bonds is 6. The number of benzene rings is 2. The van der Waals surface area contributed by atoms with Crippen LogP contribution in [0.4, 0.5) is 0 Å². The van der Waals surface area contributed by atoms with Crippen molar-refractivity contribution >= 4 is 28.6 Å². The number of hydrazine groups is 1. The van der Waals surface area contributed by atoms with Gasteiger partial charge in [-0.25, -0.2) is 4.98 Å². The second-order valence-electron chi connectivity index (χ2n) is 5.77. The molecule has 0 aliphatic heterocycles. The van der Waals surface area contributed by atoms with Crippen LogP contribution in [0.15, 0.2) is 66.7 Å². The van der Waals surface area contributed by atoms with Crippen molar-refractivity contribution in [1.82, 2.24) is 21.2 Å². The van der Waals surface area contributed by atoms with Crippen molar-refractivity contribution < 1.29 is 19.1 Å². The smallest absolute Gasteiger partial charge is 0.288 e. The van der Waals surface area contributed by atoms with E-state index >= 15 is 0 Å². The lowest BCUT2D eigenvalue weighted by molar-refractivity contribution is -0.127. The van der Waals surface area contributed by atoms with Gasteiger partial charge in [0.15, 0.2) is 6.61 Å². The number of hydrogen-bond acceptors (Lipinski definition) is 5. The fraction of sp³-hybridized carbons (Fsp3) is 0.100. The Morgan fingerprint density at radius 2 is 1.57 bits per heavy atom. The van der Waals surface area contributed by atoms with Gasteiger partial charge in [0.25, 0.3) is 17.7 Å². The summed E-state index contributed by atoms with van der Waals surface area (Å²) in [4.78, 5) is 39.8. The Bertz CT molecular complexity index is 992. The quantitative estimate of drug-likeness (QED) is 0.558. The van der Waals surface area contributed by atoms with Crippen molar-refractivity contribution in [3.8, 4) is 5.75 Å². The number of carbonyl (C=O) groups is 3. The Balaban J connectivity index is 1.40. The zero-order valence-electron chi connectivity index (χ0n) is 14.8. The summed E-state index contributed by atoms with van der Waals surface area (Å²) in [6.45, 7) is -0.521. The van der Waals surface area contributed by atoms with Gasteiger partial charge in [0, 0.05) is 5.39 Å². The minimum Gasteiger partial charge on any atom is -0.484 e. The second-order valence-corrected chi connectivity index (χ2v) is 5.77. The van der Waals surface area contributed by atoms with Crippen LogP contribution in [0.25, 0.3) is 10.9 Å². The fourth-order valence-corrected chi connectivity index (χ4v) is 2.32. The van der Waals surface area contributed by atoms with E-state index in [1.54, 1.807) is 42.5 Å². The van der Waals surface area contributed by atoms with Crippen molar-refractivity contribution in [1.29, 1.82) is 0 Å². The SMILES string of the molecule is O=C(COc1ccccc1)NCC(=O)NNC(=O)c1ccc2ccccc2n1. The molecule has 0 atom stereocenters. The zero-order valence-corrected chi connectivity index (χ0v) is 14.8. The number of fused-ring (bicyclic) bond motifs is 1. The molecule has 0 radical (unpaired) electrons. The number of pyridine rings is 1. The highest BCUT2D eigenvalue weighted by Gasteiger charge is 2.10. The molecular formula is C20H18N4O4. The molecule has 142 valence electrons. The maximum Gasteiger partial charge on any atom is 0.288 e. The summed E-state index contributed by atoms with van der Waals surface area (Å²) < 4.78 is 5.27. The lowest BCUT2D eigenvalue weighted by Gasteiger charge is -2.09. The zero-order chi connectivity index (χ0) is 19.8. The van der Waals surface area contributed by atoms with E-state index in [9.17, 15) is 14.4 Å². The summed E-state index contributed by atoms with van der Waals surface area (Å²) in [5.74, 6) is -1.04.